The van der Waals surface area contributed by atoms with Crippen molar-refractivity contribution in [2.75, 3.05) is 61.0 Å². The molecule has 6 fully saturated rings. The number of amides is 2. The monoisotopic (exact) mass is 902 g/mol. The predicted octanol–water partition coefficient (Wildman–Crippen LogP) is 3.62. The fourth-order valence-corrected chi connectivity index (χ4v) is 11.1. The van der Waals surface area contributed by atoms with Gasteiger partial charge in [0.25, 0.3) is 6.43 Å². The summed E-state index contributed by atoms with van der Waals surface area (Å²) < 4.78 is 62.6. The van der Waals surface area contributed by atoms with E-state index in [4.69, 9.17) is 14.5 Å². The number of imidazole rings is 1. The quantitative estimate of drug-likeness (QED) is 0.122. The van der Waals surface area contributed by atoms with Crippen LogP contribution in [-0.2, 0) is 26.1 Å². The average molecular weight is 903 g/mol. The highest BCUT2D eigenvalue weighted by Gasteiger charge is 2.41. The van der Waals surface area contributed by atoms with Gasteiger partial charge in [-0.25, -0.2) is 27.5 Å². The second kappa shape index (κ2) is 16.7. The maximum Gasteiger partial charge on any atom is 0.329 e. The first kappa shape index (κ1) is 42.1. The molecule has 11 rings (SSSR count). The molecule has 18 nitrogen and oxygen atoms in total. The van der Waals surface area contributed by atoms with E-state index in [1.807, 2.05) is 24.3 Å². The number of morpholine rings is 1. The van der Waals surface area contributed by atoms with Gasteiger partial charge in [-0.15, -0.1) is 0 Å². The molecule has 1 aromatic carbocycles. The largest absolute Gasteiger partial charge is 0.374 e. The van der Waals surface area contributed by atoms with Gasteiger partial charge in [0.2, 0.25) is 11.8 Å². The number of carbonyl (C=O) groups is 2. The van der Waals surface area contributed by atoms with Crippen LogP contribution in [0.25, 0.3) is 16.7 Å². The van der Waals surface area contributed by atoms with Crippen LogP contribution in [0, 0.1) is 5.92 Å². The van der Waals surface area contributed by atoms with Crippen LogP contribution in [0.4, 0.5) is 30.4 Å². The van der Waals surface area contributed by atoms with Gasteiger partial charge >= 0.3 is 5.69 Å². The summed E-state index contributed by atoms with van der Waals surface area (Å²) in [6.07, 6.45) is 4.08. The first-order chi connectivity index (χ1) is 31.4. The number of carbonyl (C=O) groups excluding carboxylic acids is 2. The second-order valence-corrected chi connectivity index (χ2v) is 18.7. The fourth-order valence-electron chi connectivity index (χ4n) is 11.1. The highest BCUT2D eigenvalue weighted by atomic mass is 19.3. The van der Waals surface area contributed by atoms with E-state index in [1.165, 1.54) is 15.3 Å². The third-order valence-electron chi connectivity index (χ3n) is 14.6. The van der Waals surface area contributed by atoms with Crippen molar-refractivity contribution < 1.29 is 37.3 Å². The lowest BCUT2D eigenvalue weighted by Crippen LogP contribution is -2.56. The lowest BCUT2D eigenvalue weighted by atomic mass is 9.85. The molecule has 4 aromatic heterocycles. The number of imide groups is 1. The second-order valence-electron chi connectivity index (χ2n) is 18.7. The number of benzene rings is 1. The molecule has 6 atom stereocenters. The molecule has 6 aliphatic rings. The summed E-state index contributed by atoms with van der Waals surface area (Å²) in [6, 6.07) is 6.86. The molecule has 9 heterocycles. The van der Waals surface area contributed by atoms with E-state index >= 15 is 4.39 Å². The fraction of sp³-hybridized carbons (Fsp3) is 0.591. The van der Waals surface area contributed by atoms with Crippen molar-refractivity contribution in [3.05, 3.63) is 64.6 Å². The zero-order valence-electron chi connectivity index (χ0n) is 36.0. The van der Waals surface area contributed by atoms with E-state index in [0.29, 0.717) is 60.8 Å². The topological polar surface area (TPSA) is 182 Å². The smallest absolute Gasteiger partial charge is 0.329 e. The molecule has 2 unspecified atom stereocenters. The number of alkyl halides is 3. The molecule has 21 heteroatoms. The van der Waals surface area contributed by atoms with Crippen LogP contribution in [0.5, 0.6) is 0 Å². The Labute approximate surface area is 371 Å². The molecular weight excluding hydrogens is 850 g/mol. The molecule has 1 saturated carbocycles. The summed E-state index contributed by atoms with van der Waals surface area (Å²) in [5.74, 6) is 0.266. The Morgan fingerprint density at radius 3 is 2.60 bits per heavy atom. The number of aliphatic hydroxyl groups excluding tert-OH is 1. The number of aryl methyl sites for hydroxylation is 1. The number of fused-ring (bicyclic) bond motifs is 4. The number of aromatic nitrogens is 7. The summed E-state index contributed by atoms with van der Waals surface area (Å²) >= 11 is 0. The molecule has 0 radical (unpaired) electrons. The number of aliphatic hydroxyl groups is 1. The van der Waals surface area contributed by atoms with Crippen molar-refractivity contribution in [3.63, 3.8) is 0 Å². The highest BCUT2D eigenvalue weighted by Crippen LogP contribution is 2.38. The normalized spacial score (nSPS) is 28.2. The number of nitrogens with one attached hydrogen (secondary N) is 2. The van der Waals surface area contributed by atoms with Crippen LogP contribution in [-0.4, -0.2) is 132 Å². The standard InChI is InChI=1S/C44H53F3N12O6/c1-53-39-32(3-2-4-33(39)59(44(53)63)34-9-10-37(60)51-43(34)62)55-18-28(19-55)65-35-11-13-54(21-30(35)45)17-24-5-7-25(8-6-24)58-22-31(38(52-58)40(46)47)49-42(61)29-16-48-57-14-12-36(50-41(29)57)56-20-27-15-26(56)23-64-27/h2-4,12,14,16,22,24-28,30,34-35,40,42,49,61H,5-11,13,15,17-21,23H2,1H3,(H,51,60,62)/t24-,25-,26-,27-,30-,34?,35+,42?/m1/s1. The number of hydrogen-bond acceptors (Lipinski definition) is 13. The molecule has 5 aliphatic heterocycles. The Hall–Kier alpha value is -5.51. The number of anilines is 3. The van der Waals surface area contributed by atoms with Gasteiger partial charge in [-0.3, -0.25) is 33.6 Å². The van der Waals surface area contributed by atoms with Crippen LogP contribution in [0.1, 0.15) is 87.4 Å². The van der Waals surface area contributed by atoms with E-state index in [-0.39, 0.29) is 61.0 Å². The minimum absolute atomic E-state index is 0.0545. The van der Waals surface area contributed by atoms with E-state index in [9.17, 15) is 28.3 Å². The van der Waals surface area contributed by atoms with Crippen LogP contribution in [0.2, 0.25) is 0 Å². The molecule has 65 heavy (non-hydrogen) atoms. The molecule has 0 spiro atoms. The molecular formula is C44H53F3N12O6. The minimum atomic E-state index is -2.86. The van der Waals surface area contributed by atoms with Crippen molar-refractivity contribution >= 4 is 45.7 Å². The Balaban J connectivity index is 0.662. The SMILES string of the molecule is Cn1c(=O)n(C2CCC(=O)NC2=O)c2cccc(N3CC(O[C@H]4CCN(C[C@H]5CC[C@H](n6cc(NC(O)c7cnn8ccc(N9C[C@H]%10C[C@@H]9CO%10)nc78)c(C(F)F)n6)CC5)C[C@H]4F)C3)c21. The first-order valence-corrected chi connectivity index (χ1v) is 22.8. The lowest BCUT2D eigenvalue weighted by molar-refractivity contribution is -0.135. The lowest BCUT2D eigenvalue weighted by Gasteiger charge is -2.45. The number of para-hydroxylation sites is 1. The zero-order chi connectivity index (χ0) is 44.7. The van der Waals surface area contributed by atoms with E-state index in [1.54, 1.807) is 28.6 Å². The van der Waals surface area contributed by atoms with Crippen molar-refractivity contribution in [3.8, 4) is 0 Å². The van der Waals surface area contributed by atoms with E-state index in [0.717, 1.165) is 56.7 Å². The van der Waals surface area contributed by atoms with Gasteiger partial charge < -0.3 is 29.7 Å². The van der Waals surface area contributed by atoms with E-state index < -0.39 is 42.6 Å². The number of nitrogens with zero attached hydrogens (tertiary/aromatic N) is 10. The number of likely N-dealkylation sites (tertiary alicyclic amines) is 1. The Morgan fingerprint density at radius 2 is 1.86 bits per heavy atom. The summed E-state index contributed by atoms with van der Waals surface area (Å²) in [4.78, 5) is 49.1. The predicted molar refractivity (Wildman–Crippen MR) is 231 cm³/mol. The van der Waals surface area contributed by atoms with Crippen molar-refractivity contribution in [2.45, 2.75) is 107 Å². The summed E-state index contributed by atoms with van der Waals surface area (Å²) in [7, 11) is 1.68. The number of hydrogen-bond donors (Lipinski definition) is 3. The summed E-state index contributed by atoms with van der Waals surface area (Å²) in [5, 5.41) is 25.1. The first-order valence-electron chi connectivity index (χ1n) is 22.8. The molecule has 1 aliphatic carbocycles. The molecule has 5 aromatic rings. The Kier molecular flexibility index (Phi) is 10.8. The van der Waals surface area contributed by atoms with Crippen molar-refractivity contribution in [2.24, 2.45) is 13.0 Å². The van der Waals surface area contributed by atoms with Crippen LogP contribution in [0.15, 0.2) is 47.7 Å². The van der Waals surface area contributed by atoms with Crippen LogP contribution < -0.4 is 26.1 Å². The van der Waals surface area contributed by atoms with Gasteiger partial charge in [0.15, 0.2) is 17.6 Å². The molecule has 3 N–H and O–H groups in total. The van der Waals surface area contributed by atoms with Gasteiger partial charge in [-0.05, 0) is 69.1 Å². The number of ether oxygens (including phenoxy) is 2. The Morgan fingerprint density at radius 1 is 1.03 bits per heavy atom. The third-order valence-corrected chi connectivity index (χ3v) is 14.6. The maximum atomic E-state index is 15.7. The van der Waals surface area contributed by atoms with Gasteiger partial charge in [-0.2, -0.15) is 10.2 Å². The number of rotatable bonds is 12. The molecule has 5 saturated heterocycles. The molecule has 2 bridgehead atoms. The third kappa shape index (κ3) is 7.72. The van der Waals surface area contributed by atoms with Gasteiger partial charge in [0.05, 0.1) is 71.2 Å². The van der Waals surface area contributed by atoms with Crippen molar-refractivity contribution in [1.82, 2.24) is 43.7 Å². The minimum Gasteiger partial charge on any atom is -0.374 e. The van der Waals surface area contributed by atoms with Crippen LogP contribution >= 0.6 is 0 Å². The average Bonchev–Trinajstić information content (AvgIpc) is 4.13. The number of piperidine rings is 2. The van der Waals surface area contributed by atoms with Gasteiger partial charge in [-0.1, -0.05) is 6.07 Å². The molecule has 346 valence electrons. The van der Waals surface area contributed by atoms with E-state index in [2.05, 4.69) is 35.5 Å². The summed E-state index contributed by atoms with van der Waals surface area (Å²) in [5.41, 5.74) is 2.24. The Bertz CT molecular complexity index is 2670. The molecule has 2 amide bonds. The van der Waals surface area contributed by atoms with Gasteiger partial charge in [0, 0.05) is 65.1 Å². The maximum absolute atomic E-state index is 15.7. The van der Waals surface area contributed by atoms with Gasteiger partial charge in [0.1, 0.15) is 18.0 Å². The number of halogens is 3. The summed E-state index contributed by atoms with van der Waals surface area (Å²) in [6.45, 7) is 4.21. The van der Waals surface area contributed by atoms with Crippen molar-refractivity contribution in [1.29, 1.82) is 0 Å². The zero-order valence-corrected chi connectivity index (χ0v) is 36.0. The van der Waals surface area contributed by atoms with Crippen LogP contribution in [0.3, 0.4) is 0 Å². The highest BCUT2D eigenvalue weighted by molar-refractivity contribution is 6.00.